The summed E-state index contributed by atoms with van der Waals surface area (Å²) in [4.78, 5) is 27.7. The zero-order chi connectivity index (χ0) is 12.3. The first-order valence-corrected chi connectivity index (χ1v) is 4.62. The van der Waals surface area contributed by atoms with Gasteiger partial charge in [0.2, 0.25) is 0 Å². The van der Waals surface area contributed by atoms with Crippen LogP contribution in [0.5, 0.6) is 5.75 Å². The maximum absolute atomic E-state index is 11.5. The Hall–Kier alpha value is -2.70. The lowest BCUT2D eigenvalue weighted by molar-refractivity contribution is -0.384. The minimum atomic E-state index is -0.625. The molecule has 1 heterocycles. The molecule has 86 valence electrons. The highest BCUT2D eigenvalue weighted by Gasteiger charge is 2.11. The molecule has 17 heavy (non-hydrogen) atoms. The Labute approximate surface area is 95.2 Å². The molecule has 0 saturated heterocycles. The largest absolute Gasteiger partial charge is 0.422 e. The maximum atomic E-state index is 11.5. The van der Waals surface area contributed by atoms with Gasteiger partial charge in [-0.2, -0.15) is 0 Å². The number of nitrogens with one attached hydrogen (secondary N) is 1. The summed E-state index contributed by atoms with van der Waals surface area (Å²) < 4.78 is 4.95. The Balaban J connectivity index is 2.09. The molecule has 0 bridgehead atoms. The van der Waals surface area contributed by atoms with Crippen molar-refractivity contribution in [2.45, 2.75) is 0 Å². The van der Waals surface area contributed by atoms with Crippen LogP contribution in [-0.4, -0.2) is 20.9 Å². The van der Waals surface area contributed by atoms with Gasteiger partial charge in [-0.3, -0.25) is 10.1 Å². The van der Waals surface area contributed by atoms with Gasteiger partial charge in [0.25, 0.3) is 5.69 Å². The molecule has 2 rings (SSSR count). The number of aromatic amines is 1. The predicted molar refractivity (Wildman–Crippen MR) is 56.6 cm³/mol. The number of carbonyl (C=O) groups excluding carboxylic acids is 1. The minimum Gasteiger partial charge on any atom is -0.422 e. The molecule has 0 unspecified atom stereocenters. The van der Waals surface area contributed by atoms with Crippen LogP contribution in [0.15, 0.2) is 36.8 Å². The van der Waals surface area contributed by atoms with Gasteiger partial charge in [0.05, 0.1) is 11.3 Å². The van der Waals surface area contributed by atoms with Gasteiger partial charge in [-0.1, -0.05) is 0 Å². The van der Waals surface area contributed by atoms with Crippen molar-refractivity contribution in [1.29, 1.82) is 0 Å². The minimum absolute atomic E-state index is 0.0652. The fraction of sp³-hybridized carbons (Fsp3) is 0. The van der Waals surface area contributed by atoms with E-state index in [1.807, 2.05) is 0 Å². The Morgan fingerprint density at radius 1 is 1.35 bits per heavy atom. The maximum Gasteiger partial charge on any atom is 0.363 e. The van der Waals surface area contributed by atoms with Crippen molar-refractivity contribution in [3.8, 4) is 5.75 Å². The molecule has 0 saturated carbocycles. The molecule has 0 radical (unpaired) electrons. The number of carbonyl (C=O) groups is 1. The molecule has 0 atom stereocenters. The second-order valence-corrected chi connectivity index (χ2v) is 3.09. The van der Waals surface area contributed by atoms with Gasteiger partial charge in [0.15, 0.2) is 5.69 Å². The first-order chi connectivity index (χ1) is 8.16. The van der Waals surface area contributed by atoms with Crippen LogP contribution < -0.4 is 4.74 Å². The molecule has 0 aliphatic rings. The summed E-state index contributed by atoms with van der Waals surface area (Å²) in [5, 5.41) is 10.4. The van der Waals surface area contributed by atoms with Crippen LogP contribution in [0.2, 0.25) is 0 Å². The highest BCUT2D eigenvalue weighted by Crippen LogP contribution is 2.17. The van der Waals surface area contributed by atoms with E-state index in [0.29, 0.717) is 0 Å². The second-order valence-electron chi connectivity index (χ2n) is 3.09. The van der Waals surface area contributed by atoms with Crippen LogP contribution in [0.25, 0.3) is 0 Å². The van der Waals surface area contributed by atoms with E-state index >= 15 is 0 Å². The van der Waals surface area contributed by atoms with Crippen LogP contribution in [0.1, 0.15) is 10.5 Å². The average molecular weight is 233 g/mol. The standard InChI is InChI=1S/C10H7N3O4/c14-10(9-5-11-6-12-9)17-8-3-1-7(2-4-8)13(15)16/h1-6H,(H,11,12). The molecule has 1 aromatic heterocycles. The van der Waals surface area contributed by atoms with Gasteiger partial charge in [0, 0.05) is 18.3 Å². The number of imidazole rings is 1. The predicted octanol–water partition coefficient (Wildman–Crippen LogP) is 1.54. The second kappa shape index (κ2) is 4.44. The first kappa shape index (κ1) is 10.8. The number of nitro groups is 1. The van der Waals surface area contributed by atoms with Gasteiger partial charge in [-0.25, -0.2) is 9.78 Å². The van der Waals surface area contributed by atoms with Gasteiger partial charge < -0.3 is 9.72 Å². The van der Waals surface area contributed by atoms with Crippen LogP contribution in [0.4, 0.5) is 5.69 Å². The summed E-state index contributed by atoms with van der Waals surface area (Å²) in [6.07, 6.45) is 2.75. The third-order valence-corrected chi connectivity index (χ3v) is 1.97. The highest BCUT2D eigenvalue weighted by atomic mass is 16.6. The SMILES string of the molecule is O=C(Oc1ccc([N+](=O)[O-])cc1)c1c[nH]cn1. The molecule has 2 aromatic rings. The van der Waals surface area contributed by atoms with E-state index in [4.69, 9.17) is 4.74 Å². The lowest BCUT2D eigenvalue weighted by Crippen LogP contribution is -2.08. The number of rotatable bonds is 3. The van der Waals surface area contributed by atoms with E-state index in [0.717, 1.165) is 0 Å². The van der Waals surface area contributed by atoms with Crippen molar-refractivity contribution in [2.24, 2.45) is 0 Å². The Bertz CT molecular complexity index is 533. The van der Waals surface area contributed by atoms with Gasteiger partial charge in [-0.15, -0.1) is 0 Å². The fourth-order valence-electron chi connectivity index (χ4n) is 1.17. The Morgan fingerprint density at radius 3 is 2.59 bits per heavy atom. The zero-order valence-corrected chi connectivity index (χ0v) is 8.49. The first-order valence-electron chi connectivity index (χ1n) is 4.62. The van der Waals surface area contributed by atoms with E-state index in [2.05, 4.69) is 9.97 Å². The number of H-pyrrole nitrogens is 1. The van der Waals surface area contributed by atoms with E-state index in [1.54, 1.807) is 0 Å². The van der Waals surface area contributed by atoms with Crippen LogP contribution >= 0.6 is 0 Å². The molecule has 0 amide bonds. The fourth-order valence-corrected chi connectivity index (χ4v) is 1.17. The molecule has 0 aliphatic heterocycles. The number of nitro benzene ring substituents is 1. The molecule has 0 aliphatic carbocycles. The number of aromatic nitrogens is 2. The zero-order valence-electron chi connectivity index (χ0n) is 8.49. The normalized spacial score (nSPS) is 9.88. The summed E-state index contributed by atoms with van der Waals surface area (Å²) in [6, 6.07) is 5.21. The van der Waals surface area contributed by atoms with Gasteiger partial charge in [0.1, 0.15) is 5.75 Å². The van der Waals surface area contributed by atoms with Crippen LogP contribution in [-0.2, 0) is 0 Å². The van der Waals surface area contributed by atoms with Crippen molar-refractivity contribution in [1.82, 2.24) is 9.97 Å². The molecular formula is C10H7N3O4. The summed E-state index contributed by atoms with van der Waals surface area (Å²) in [5.74, 6) is -0.399. The summed E-state index contributed by atoms with van der Waals surface area (Å²) in [7, 11) is 0. The van der Waals surface area contributed by atoms with E-state index < -0.39 is 10.9 Å². The topological polar surface area (TPSA) is 98.1 Å². The molecule has 0 fully saturated rings. The molecule has 7 heteroatoms. The molecule has 1 aromatic carbocycles. The van der Waals surface area contributed by atoms with Gasteiger partial charge in [-0.05, 0) is 12.1 Å². The Morgan fingerprint density at radius 2 is 2.06 bits per heavy atom. The molecule has 0 spiro atoms. The van der Waals surface area contributed by atoms with Crippen LogP contribution in [0, 0.1) is 10.1 Å². The van der Waals surface area contributed by atoms with Gasteiger partial charge >= 0.3 is 5.97 Å². The average Bonchev–Trinajstić information content (AvgIpc) is 2.83. The number of esters is 1. The lowest BCUT2D eigenvalue weighted by Gasteiger charge is -2.01. The number of ether oxygens (including phenoxy) is 1. The van der Waals surface area contributed by atoms with E-state index in [9.17, 15) is 14.9 Å². The molecule has 1 N–H and O–H groups in total. The van der Waals surface area contributed by atoms with Crippen molar-refractivity contribution < 1.29 is 14.5 Å². The van der Waals surface area contributed by atoms with Crippen molar-refractivity contribution in [3.05, 3.63) is 52.6 Å². The van der Waals surface area contributed by atoms with E-state index in [-0.39, 0.29) is 17.1 Å². The lowest BCUT2D eigenvalue weighted by atomic mass is 10.3. The number of nitrogens with zero attached hydrogens (tertiary/aromatic N) is 2. The number of non-ortho nitro benzene ring substituents is 1. The molecular weight excluding hydrogens is 226 g/mol. The number of hydrogen-bond acceptors (Lipinski definition) is 5. The quantitative estimate of drug-likeness (QED) is 0.375. The van der Waals surface area contributed by atoms with Crippen LogP contribution in [0.3, 0.4) is 0 Å². The smallest absolute Gasteiger partial charge is 0.363 e. The highest BCUT2D eigenvalue weighted by molar-refractivity contribution is 5.88. The summed E-state index contributed by atoms with van der Waals surface area (Å²) in [5.41, 5.74) is 0.0768. The molecule has 7 nitrogen and oxygen atoms in total. The van der Waals surface area contributed by atoms with E-state index in [1.165, 1.54) is 36.8 Å². The number of benzene rings is 1. The third kappa shape index (κ3) is 2.46. The third-order valence-electron chi connectivity index (χ3n) is 1.97. The van der Waals surface area contributed by atoms with Crippen molar-refractivity contribution in [2.75, 3.05) is 0 Å². The summed E-state index contributed by atoms with van der Waals surface area (Å²) >= 11 is 0. The van der Waals surface area contributed by atoms with Crippen molar-refractivity contribution >= 4 is 11.7 Å². The van der Waals surface area contributed by atoms with Crippen molar-refractivity contribution in [3.63, 3.8) is 0 Å². The monoisotopic (exact) mass is 233 g/mol. The Kier molecular flexibility index (Phi) is 2.82. The summed E-state index contributed by atoms with van der Waals surface area (Å²) in [6.45, 7) is 0. The number of hydrogen-bond donors (Lipinski definition) is 1.